The third kappa shape index (κ3) is 2.19. The molecule has 3 rings (SSSR count). The van der Waals surface area contributed by atoms with Crippen molar-refractivity contribution < 1.29 is 23.1 Å². The molecule has 126 valence electrons. The highest BCUT2D eigenvalue weighted by Gasteiger charge is 2.68. The topological polar surface area (TPSA) is 96.7 Å². The van der Waals surface area contributed by atoms with Crippen molar-refractivity contribution in [3.8, 4) is 0 Å². The molecule has 1 aliphatic carbocycles. The second kappa shape index (κ2) is 4.95. The monoisotopic (exact) mass is 331 g/mol. The third-order valence-corrected chi connectivity index (χ3v) is 4.28. The molecule has 0 unspecified atom stereocenters. The average Bonchev–Trinajstić information content (AvgIpc) is 2.96. The Morgan fingerprint density at radius 3 is 2.74 bits per heavy atom. The van der Waals surface area contributed by atoms with Crippen molar-refractivity contribution in [2.75, 3.05) is 5.73 Å². The molecule has 1 aromatic heterocycles. The number of carbonyl (C=O) groups is 1. The maximum absolute atomic E-state index is 13.6. The van der Waals surface area contributed by atoms with Gasteiger partial charge < -0.3 is 10.8 Å². The van der Waals surface area contributed by atoms with E-state index in [0.717, 1.165) is 0 Å². The Labute approximate surface area is 129 Å². The normalized spacial score (nSPS) is 27.8. The number of anilines is 1. The highest BCUT2D eigenvalue weighted by molar-refractivity contribution is 6.01. The molecular weight excluding hydrogens is 315 g/mol. The lowest BCUT2D eigenvalue weighted by Crippen LogP contribution is -2.61. The number of fused-ring (bicyclic) bond motifs is 1. The first-order valence-electron chi connectivity index (χ1n) is 7.16. The summed E-state index contributed by atoms with van der Waals surface area (Å²) in [5.41, 5.74) is 2.01. The van der Waals surface area contributed by atoms with Gasteiger partial charge in [-0.05, 0) is 19.3 Å². The van der Waals surface area contributed by atoms with Crippen molar-refractivity contribution in [2.45, 2.75) is 37.6 Å². The Morgan fingerprint density at radius 1 is 1.48 bits per heavy atom. The van der Waals surface area contributed by atoms with Crippen LogP contribution in [0.5, 0.6) is 0 Å². The van der Waals surface area contributed by atoms with E-state index in [0.29, 0.717) is 19.3 Å². The van der Waals surface area contributed by atoms with Crippen LogP contribution in [-0.4, -0.2) is 43.4 Å². The summed E-state index contributed by atoms with van der Waals surface area (Å²) in [6, 6.07) is 0. The zero-order valence-electron chi connectivity index (χ0n) is 12.3. The van der Waals surface area contributed by atoms with Crippen LogP contribution in [0.2, 0.25) is 0 Å². The van der Waals surface area contributed by atoms with Crippen molar-refractivity contribution in [3.05, 3.63) is 11.9 Å². The van der Waals surface area contributed by atoms with Gasteiger partial charge in [0.25, 0.3) is 11.6 Å². The van der Waals surface area contributed by atoms with E-state index >= 15 is 0 Å². The smallest absolute Gasteiger partial charge is 0.396 e. The summed E-state index contributed by atoms with van der Waals surface area (Å²) in [6.45, 7) is 0. The number of nitrogen functional groups attached to an aromatic ring is 1. The third-order valence-electron chi connectivity index (χ3n) is 4.28. The van der Waals surface area contributed by atoms with Crippen LogP contribution in [0.25, 0.3) is 0 Å². The highest BCUT2D eigenvalue weighted by Crippen LogP contribution is 2.48. The molecule has 1 aromatic rings. The number of halogens is 3. The minimum absolute atomic E-state index is 0.0721. The van der Waals surface area contributed by atoms with Crippen LogP contribution in [0.15, 0.2) is 11.3 Å². The van der Waals surface area contributed by atoms with Crippen LogP contribution in [0.1, 0.15) is 36.2 Å². The van der Waals surface area contributed by atoms with Crippen LogP contribution >= 0.6 is 0 Å². The van der Waals surface area contributed by atoms with Crippen LogP contribution in [-0.2, 0) is 7.05 Å². The fourth-order valence-electron chi connectivity index (χ4n) is 3.19. The quantitative estimate of drug-likeness (QED) is 0.809. The fourth-order valence-corrected chi connectivity index (χ4v) is 3.19. The summed E-state index contributed by atoms with van der Waals surface area (Å²) in [5.74, 6) is -2.41. The van der Waals surface area contributed by atoms with Crippen LogP contribution in [0, 0.1) is 5.92 Å². The number of nitrogens with zero attached hydrogens (tertiary/aromatic N) is 4. The van der Waals surface area contributed by atoms with Crippen molar-refractivity contribution >= 4 is 17.3 Å². The molecule has 1 amide bonds. The molecule has 0 radical (unpaired) electrons. The van der Waals surface area contributed by atoms with Crippen molar-refractivity contribution in [2.24, 2.45) is 18.1 Å². The molecule has 0 aromatic carbocycles. The van der Waals surface area contributed by atoms with Gasteiger partial charge in [0.1, 0.15) is 0 Å². The molecule has 1 saturated carbocycles. The van der Waals surface area contributed by atoms with Gasteiger partial charge in [-0.2, -0.15) is 28.4 Å². The van der Waals surface area contributed by atoms with E-state index in [2.05, 4.69) is 10.2 Å². The number of hydrogen-bond donors (Lipinski definition) is 2. The second-order valence-corrected chi connectivity index (χ2v) is 5.84. The van der Waals surface area contributed by atoms with E-state index in [1.54, 1.807) is 0 Å². The van der Waals surface area contributed by atoms with Gasteiger partial charge in [0.15, 0.2) is 5.69 Å². The largest absolute Gasteiger partial charge is 0.439 e. The number of aryl methyl sites for hydroxylation is 1. The van der Waals surface area contributed by atoms with Gasteiger partial charge in [-0.1, -0.05) is 6.42 Å². The molecule has 3 N–H and O–H groups in total. The molecule has 0 saturated heterocycles. The van der Waals surface area contributed by atoms with E-state index < -0.39 is 23.7 Å². The number of hydrogen-bond acceptors (Lipinski definition) is 5. The van der Waals surface area contributed by atoms with Gasteiger partial charge in [-0.25, -0.2) is 0 Å². The number of hydrazone groups is 1. The summed E-state index contributed by atoms with van der Waals surface area (Å²) in [6.07, 6.45) is -2.08. The maximum Gasteiger partial charge on any atom is 0.439 e. The molecule has 2 atom stereocenters. The van der Waals surface area contributed by atoms with Gasteiger partial charge in [0.2, 0.25) is 0 Å². The standard InChI is InChI=1S/C13H16F3N5O2/c1-20-6-8(17)10(19-20)11(22)21-12(23,13(14,15)16)7-4-2-3-5-9(7)18-21/h6-7,23H,2-5,17H2,1H3/t7-,12+/m0/s1. The lowest BCUT2D eigenvalue weighted by atomic mass is 9.80. The van der Waals surface area contributed by atoms with Gasteiger partial charge >= 0.3 is 6.18 Å². The molecule has 0 spiro atoms. The Balaban J connectivity index is 2.06. The highest BCUT2D eigenvalue weighted by atomic mass is 19.4. The molecule has 10 heteroatoms. The Bertz CT molecular complexity index is 684. The number of aliphatic hydroxyl groups is 1. The number of alkyl halides is 3. The van der Waals surface area contributed by atoms with Gasteiger partial charge in [0.05, 0.1) is 11.6 Å². The molecule has 1 aliphatic heterocycles. The predicted octanol–water partition coefficient (Wildman–Crippen LogP) is 1.26. The zero-order valence-corrected chi connectivity index (χ0v) is 12.3. The molecule has 0 bridgehead atoms. The summed E-state index contributed by atoms with van der Waals surface area (Å²) in [5, 5.41) is 18.1. The fraction of sp³-hybridized carbons (Fsp3) is 0.615. The minimum Gasteiger partial charge on any atom is -0.396 e. The Kier molecular flexibility index (Phi) is 3.40. The van der Waals surface area contributed by atoms with E-state index in [-0.39, 0.29) is 28.5 Å². The lowest BCUT2D eigenvalue weighted by molar-refractivity contribution is -0.312. The summed E-state index contributed by atoms with van der Waals surface area (Å²) >= 11 is 0. The summed E-state index contributed by atoms with van der Waals surface area (Å²) in [4.78, 5) is 12.5. The van der Waals surface area contributed by atoms with Crippen molar-refractivity contribution in [3.63, 3.8) is 0 Å². The number of carbonyl (C=O) groups excluding carboxylic acids is 1. The average molecular weight is 331 g/mol. The molecular formula is C13H16F3N5O2. The number of aromatic nitrogens is 2. The summed E-state index contributed by atoms with van der Waals surface area (Å²) in [7, 11) is 1.48. The first-order valence-corrected chi connectivity index (χ1v) is 7.16. The summed E-state index contributed by atoms with van der Waals surface area (Å²) < 4.78 is 41.9. The first-order chi connectivity index (χ1) is 10.7. The van der Waals surface area contributed by atoms with Crippen molar-refractivity contribution in [1.82, 2.24) is 14.8 Å². The molecule has 1 fully saturated rings. The van der Waals surface area contributed by atoms with Gasteiger partial charge in [-0.15, -0.1) is 0 Å². The number of rotatable bonds is 1. The zero-order chi connectivity index (χ0) is 17.0. The van der Waals surface area contributed by atoms with E-state index in [4.69, 9.17) is 5.73 Å². The van der Waals surface area contributed by atoms with E-state index in [1.165, 1.54) is 17.9 Å². The molecule has 7 nitrogen and oxygen atoms in total. The van der Waals surface area contributed by atoms with Crippen molar-refractivity contribution in [1.29, 1.82) is 0 Å². The molecule has 23 heavy (non-hydrogen) atoms. The molecule has 2 aliphatic rings. The Hall–Kier alpha value is -2.10. The predicted molar refractivity (Wildman–Crippen MR) is 74.2 cm³/mol. The Morgan fingerprint density at radius 2 is 2.17 bits per heavy atom. The number of amides is 1. The SMILES string of the molecule is Cn1cc(N)c(C(=O)N2N=C3CCCC[C@@H]3[C@@]2(O)C(F)(F)F)n1. The minimum atomic E-state index is -5.04. The molecule has 2 heterocycles. The van der Waals surface area contributed by atoms with E-state index in [1.807, 2.05) is 0 Å². The van der Waals surface area contributed by atoms with Gasteiger partial charge in [-0.3, -0.25) is 9.48 Å². The first kappa shape index (κ1) is 15.8. The maximum atomic E-state index is 13.6. The lowest BCUT2D eigenvalue weighted by Gasteiger charge is -2.37. The van der Waals surface area contributed by atoms with Crippen LogP contribution in [0.4, 0.5) is 18.9 Å². The number of nitrogens with two attached hydrogens (primary N) is 1. The van der Waals surface area contributed by atoms with E-state index in [9.17, 15) is 23.1 Å². The second-order valence-electron chi connectivity index (χ2n) is 5.84. The van der Waals surface area contributed by atoms with Gasteiger partial charge in [0, 0.05) is 19.0 Å². The van der Waals surface area contributed by atoms with Crippen LogP contribution < -0.4 is 5.73 Å². The van der Waals surface area contributed by atoms with Crippen LogP contribution in [0.3, 0.4) is 0 Å².